The van der Waals surface area contributed by atoms with Gasteiger partial charge in [-0.05, 0) is 189 Å². The van der Waals surface area contributed by atoms with Crippen LogP contribution in [0.5, 0.6) is 11.5 Å². The van der Waals surface area contributed by atoms with Gasteiger partial charge in [0.2, 0.25) is 0 Å². The van der Waals surface area contributed by atoms with Crippen molar-refractivity contribution in [1.29, 1.82) is 0 Å². The van der Waals surface area contributed by atoms with Crippen molar-refractivity contribution < 1.29 is 37.4 Å². The summed E-state index contributed by atoms with van der Waals surface area (Å²) in [5.41, 5.74) is 15.8. The lowest BCUT2D eigenvalue weighted by Crippen LogP contribution is -2.43. The smallest absolute Gasteiger partial charge is 0.410 e. The molecule has 12 heterocycles. The fourth-order valence-electron chi connectivity index (χ4n) is 14.3. The van der Waals surface area contributed by atoms with Gasteiger partial charge in [-0.25, -0.2) is 19.6 Å². The summed E-state index contributed by atoms with van der Waals surface area (Å²) in [6, 6.07) is 26.0. The molecule has 18 nitrogen and oxygen atoms in total. The number of carbonyl (C=O) groups is 2. The molecule has 8 aliphatic heterocycles. The SMILES string of the molecule is C1=C(c2ccc3c(c2)OCCc2c-3oc3ccc(-c4cnc([C@@H]5CCCN5)[nH]4)cc23)CC([C@@H]2CCCN2)=N1.CC(C)(C)OC(=O)N1CCC[C@H]1C1=NC=C(c2ccc3c(c2)OCCc2c-3oc3ccc(-c4cnc([C@@H]5CCCN5C(=O)OC(C)(C)C)[nH]4)cc23)C1.CCl. The number of ether oxygens (including phenoxy) is 4. The van der Waals surface area contributed by atoms with Crippen molar-refractivity contribution >= 4 is 68.3 Å². The molecule has 0 aliphatic carbocycles. The molecule has 92 heavy (non-hydrogen) atoms. The number of likely N-dealkylation sites (tertiary alicyclic amines) is 2. The van der Waals surface area contributed by atoms with Crippen LogP contribution in [0.3, 0.4) is 0 Å². The van der Waals surface area contributed by atoms with Crippen LogP contribution in [0, 0.1) is 0 Å². The minimum absolute atomic E-state index is 0.0494. The Bertz CT molecular complexity index is 4250. The molecule has 0 saturated carbocycles. The van der Waals surface area contributed by atoms with Gasteiger partial charge in [-0.15, -0.1) is 11.6 Å². The number of amides is 2. The molecule has 4 fully saturated rings. The Kier molecular flexibility index (Phi) is 16.7. The number of imidazole rings is 2. The maximum atomic E-state index is 12.9. The van der Waals surface area contributed by atoms with E-state index in [0.717, 1.165) is 171 Å². The topological polar surface area (TPSA) is 210 Å². The summed E-state index contributed by atoms with van der Waals surface area (Å²) in [7, 11) is 0. The van der Waals surface area contributed by atoms with Crippen LogP contribution in [0.2, 0.25) is 0 Å². The van der Waals surface area contributed by atoms with Crippen molar-refractivity contribution in [3.8, 4) is 56.7 Å². The molecule has 16 rings (SSSR count). The monoisotopic (exact) mass is 1260 g/mol. The lowest BCUT2D eigenvalue weighted by atomic mass is 9.96. The number of benzene rings is 4. The molecule has 8 aliphatic rings. The zero-order valence-electron chi connectivity index (χ0n) is 53.6. The van der Waals surface area contributed by atoms with E-state index in [-0.39, 0.29) is 24.3 Å². The summed E-state index contributed by atoms with van der Waals surface area (Å²) >= 11 is 4.64. The number of nitrogens with zero attached hydrogens (tertiary/aromatic N) is 6. The number of halogens is 1. The number of allylic oxidation sites excluding steroid dienone is 2. The molecule has 0 bridgehead atoms. The van der Waals surface area contributed by atoms with E-state index in [4.69, 9.17) is 42.8 Å². The fraction of sp³-hybridized carbons (Fsp3) is 0.425. The van der Waals surface area contributed by atoms with Gasteiger partial charge >= 0.3 is 12.2 Å². The van der Waals surface area contributed by atoms with Crippen LogP contribution in [-0.4, -0.2) is 122 Å². The first-order chi connectivity index (χ1) is 44.6. The van der Waals surface area contributed by atoms with E-state index in [1.807, 2.05) is 83.4 Å². The van der Waals surface area contributed by atoms with Crippen LogP contribution in [0.15, 0.2) is 116 Å². The van der Waals surface area contributed by atoms with Gasteiger partial charge in [0.1, 0.15) is 57.0 Å². The lowest BCUT2D eigenvalue weighted by molar-refractivity contribution is 0.0216. The molecule has 8 aromatic rings. The Morgan fingerprint density at radius 2 is 1.03 bits per heavy atom. The van der Waals surface area contributed by atoms with Crippen LogP contribution < -0.4 is 20.1 Å². The number of hydrogen-bond donors (Lipinski definition) is 4. The zero-order valence-corrected chi connectivity index (χ0v) is 54.4. The first-order valence-electron chi connectivity index (χ1n) is 32.7. The number of furan rings is 2. The second-order valence-electron chi connectivity index (χ2n) is 27.1. The number of hydrogen-bond acceptors (Lipinski definition) is 14. The number of rotatable bonds is 8. The summed E-state index contributed by atoms with van der Waals surface area (Å²) in [5, 5.41) is 9.28. The normalized spacial score (nSPS) is 20.9. The number of alkyl halides is 1. The van der Waals surface area contributed by atoms with Gasteiger partial charge < -0.3 is 48.4 Å². The van der Waals surface area contributed by atoms with Crippen molar-refractivity contribution in [2.24, 2.45) is 9.98 Å². The molecule has 19 heteroatoms. The van der Waals surface area contributed by atoms with E-state index >= 15 is 0 Å². The third-order valence-electron chi connectivity index (χ3n) is 18.6. The quantitative estimate of drug-likeness (QED) is 0.105. The molecular weight excluding hydrogens is 1180 g/mol. The number of H-pyrrole nitrogens is 2. The highest BCUT2D eigenvalue weighted by Crippen LogP contribution is 2.46. The molecule has 4 atom stereocenters. The predicted molar refractivity (Wildman–Crippen MR) is 361 cm³/mol. The van der Waals surface area contributed by atoms with Crippen molar-refractivity contribution in [3.05, 3.63) is 131 Å². The van der Waals surface area contributed by atoms with E-state index in [1.54, 1.807) is 4.90 Å². The van der Waals surface area contributed by atoms with Gasteiger partial charge in [0, 0.05) is 108 Å². The van der Waals surface area contributed by atoms with Crippen LogP contribution in [0.4, 0.5) is 9.59 Å². The number of aromatic amines is 2. The summed E-state index contributed by atoms with van der Waals surface area (Å²) in [4.78, 5) is 55.4. The van der Waals surface area contributed by atoms with Crippen molar-refractivity contribution in [2.45, 2.75) is 154 Å². The van der Waals surface area contributed by atoms with Crippen molar-refractivity contribution in [3.63, 3.8) is 0 Å². The number of fused-ring (bicyclic) bond motifs is 10. The Balaban J connectivity index is 0.000000162. The van der Waals surface area contributed by atoms with Crippen LogP contribution in [0.25, 0.3) is 78.2 Å². The van der Waals surface area contributed by atoms with Crippen LogP contribution in [-0.2, 0) is 22.3 Å². The van der Waals surface area contributed by atoms with Crippen molar-refractivity contribution in [2.75, 3.05) is 45.8 Å². The van der Waals surface area contributed by atoms with E-state index < -0.39 is 11.2 Å². The van der Waals surface area contributed by atoms with Gasteiger partial charge in [0.15, 0.2) is 0 Å². The summed E-state index contributed by atoms with van der Waals surface area (Å²) in [5.74, 6) is 5.20. The highest BCUT2D eigenvalue weighted by molar-refractivity contribution is 6.15. The molecule has 0 unspecified atom stereocenters. The minimum atomic E-state index is -0.555. The van der Waals surface area contributed by atoms with Crippen LogP contribution >= 0.6 is 11.6 Å². The maximum absolute atomic E-state index is 12.9. The Hall–Kier alpha value is -8.45. The lowest BCUT2D eigenvalue weighted by Gasteiger charge is -2.28. The Morgan fingerprint density at radius 3 is 1.57 bits per heavy atom. The van der Waals surface area contributed by atoms with Gasteiger partial charge in [-0.1, -0.05) is 12.1 Å². The molecule has 2 amide bonds. The number of nitrogens with one attached hydrogen (secondary N) is 4. The summed E-state index contributed by atoms with van der Waals surface area (Å²) < 4.78 is 37.0. The average Bonchev–Trinajstić information content (AvgIpc) is 1.63. The molecule has 0 radical (unpaired) electrons. The highest BCUT2D eigenvalue weighted by Gasteiger charge is 2.38. The second kappa shape index (κ2) is 25.2. The molecule has 4 saturated heterocycles. The Labute approximate surface area is 541 Å². The average molecular weight is 1260 g/mol. The number of carbonyl (C=O) groups excluding carboxylic acids is 2. The van der Waals surface area contributed by atoms with Gasteiger partial charge in [-0.2, -0.15) is 0 Å². The minimum Gasteiger partial charge on any atom is -0.492 e. The van der Waals surface area contributed by atoms with Crippen molar-refractivity contribution in [1.82, 2.24) is 40.4 Å². The fourth-order valence-corrected chi connectivity index (χ4v) is 14.3. The van der Waals surface area contributed by atoms with E-state index in [9.17, 15) is 9.59 Å². The highest BCUT2D eigenvalue weighted by atomic mass is 35.5. The maximum Gasteiger partial charge on any atom is 0.410 e. The molecule has 4 aromatic carbocycles. The van der Waals surface area contributed by atoms with E-state index in [0.29, 0.717) is 51.2 Å². The van der Waals surface area contributed by atoms with Gasteiger partial charge in [0.25, 0.3) is 0 Å². The number of aromatic nitrogens is 4. The summed E-state index contributed by atoms with van der Waals surface area (Å²) in [6.07, 6.45) is 20.0. The standard InChI is InChI=1S/C41H47N5O6.C31H31N5O2.CH3Cl/c1-40(2,3)51-38(47)45-16-7-9-32(45)30-20-26(22-42-30)24-11-13-28-35(21-24)49-18-15-27-29-19-25(12-14-34(29)50-36(27)28)31-23-43-37(44-31)33-10-8-17-46(33)39(48)52-41(4,5)6;1-3-24(32-10-1)26-14-20(16-34-26)18-5-7-22-29(15-18)37-12-9-21-23-13-19(6-8-28(23)38-30(21)22)27-17-35-31(36-27)25-4-2-11-33-25;1-2/h11-14,19,21-23,32-33H,7-10,15-18,20H2,1-6H3,(H,43,44);5-8,13,15-17,24-25,32-33H,1-4,9-12,14H2,(H,35,36);1H3/t32-,33-;24-,25-;/m00./s1. The first kappa shape index (κ1) is 61.1. The largest absolute Gasteiger partial charge is 0.492 e. The predicted octanol–water partition coefficient (Wildman–Crippen LogP) is 15.7. The molecule has 4 aromatic heterocycles. The zero-order chi connectivity index (χ0) is 63.4. The van der Waals surface area contributed by atoms with E-state index in [2.05, 4.69) is 97.9 Å². The van der Waals surface area contributed by atoms with E-state index in [1.165, 1.54) is 48.1 Å². The third-order valence-corrected chi connectivity index (χ3v) is 18.6. The molecule has 4 N–H and O–H groups in total. The first-order valence-corrected chi connectivity index (χ1v) is 33.5. The molecular formula is C73H81ClN10O8. The third kappa shape index (κ3) is 12.3. The molecule has 0 spiro atoms. The van der Waals surface area contributed by atoms with Crippen LogP contribution in [0.1, 0.15) is 152 Å². The molecule has 478 valence electrons. The van der Waals surface area contributed by atoms with Gasteiger partial charge in [0.05, 0.1) is 66.2 Å². The number of aliphatic imine (C=N–C) groups is 2. The van der Waals surface area contributed by atoms with Gasteiger partial charge in [-0.3, -0.25) is 19.8 Å². The second-order valence-corrected chi connectivity index (χ2v) is 27.1. The Morgan fingerprint density at radius 1 is 0.554 bits per heavy atom. The summed E-state index contributed by atoms with van der Waals surface area (Å²) in [6.45, 7) is 16.0.